The first-order valence-electron chi connectivity index (χ1n) is 10.1. The number of carbonyl (C=O) groups excluding carboxylic acids is 3. The first kappa shape index (κ1) is 19.2. The van der Waals surface area contributed by atoms with Crippen LogP contribution in [0.5, 0.6) is 0 Å². The topological polar surface area (TPSA) is 69.7 Å². The number of hydrogen-bond acceptors (Lipinski definition) is 3. The minimum atomic E-state index is -0.352. The van der Waals surface area contributed by atoms with Crippen LogP contribution in [0.25, 0.3) is 0 Å². The highest BCUT2D eigenvalue weighted by Gasteiger charge is 2.34. The van der Waals surface area contributed by atoms with Crippen molar-refractivity contribution in [2.24, 2.45) is 5.92 Å². The Labute approximate surface area is 170 Å². The zero-order chi connectivity index (χ0) is 20.2. The van der Waals surface area contributed by atoms with E-state index in [0.717, 1.165) is 18.5 Å². The summed E-state index contributed by atoms with van der Waals surface area (Å²) in [7, 11) is 0. The molecule has 2 saturated heterocycles. The van der Waals surface area contributed by atoms with Crippen LogP contribution in [-0.4, -0.2) is 42.3 Å². The smallest absolute Gasteiger partial charge is 0.229 e. The SMILES string of the molecule is O=C(Nc1cccc(N2CCCC2=O)c1)C1CC(=O)N(CCc2ccccc2)C1. The molecule has 150 valence electrons. The summed E-state index contributed by atoms with van der Waals surface area (Å²) in [5.41, 5.74) is 2.64. The second-order valence-corrected chi connectivity index (χ2v) is 7.66. The Bertz CT molecular complexity index is 913. The third-order valence-electron chi connectivity index (χ3n) is 5.60. The number of nitrogens with one attached hydrogen (secondary N) is 1. The normalized spacial score (nSPS) is 19.1. The zero-order valence-corrected chi connectivity index (χ0v) is 16.3. The predicted octanol–water partition coefficient (Wildman–Crippen LogP) is 2.84. The van der Waals surface area contributed by atoms with Crippen molar-refractivity contribution in [1.82, 2.24) is 4.90 Å². The molecule has 2 fully saturated rings. The molecule has 29 heavy (non-hydrogen) atoms. The molecule has 0 spiro atoms. The molecule has 2 aliphatic rings. The molecular formula is C23H25N3O3. The van der Waals surface area contributed by atoms with Crippen LogP contribution in [-0.2, 0) is 20.8 Å². The fraction of sp³-hybridized carbons (Fsp3) is 0.348. The minimum Gasteiger partial charge on any atom is -0.342 e. The van der Waals surface area contributed by atoms with Crippen molar-refractivity contribution in [3.63, 3.8) is 0 Å². The summed E-state index contributed by atoms with van der Waals surface area (Å²) >= 11 is 0. The standard InChI is InChI=1S/C23H25N3O3/c27-21-10-5-12-26(21)20-9-4-8-19(15-20)24-23(29)18-14-22(28)25(16-18)13-11-17-6-2-1-3-7-17/h1-4,6-9,15,18H,5,10-14,16H2,(H,24,29). The monoisotopic (exact) mass is 391 g/mol. The van der Waals surface area contributed by atoms with E-state index < -0.39 is 0 Å². The maximum Gasteiger partial charge on any atom is 0.229 e. The molecule has 3 amide bonds. The van der Waals surface area contributed by atoms with E-state index in [4.69, 9.17) is 0 Å². The lowest BCUT2D eigenvalue weighted by molar-refractivity contribution is -0.128. The van der Waals surface area contributed by atoms with Gasteiger partial charge in [0.05, 0.1) is 5.92 Å². The number of likely N-dealkylation sites (tertiary alicyclic amines) is 1. The van der Waals surface area contributed by atoms with Crippen LogP contribution in [0.4, 0.5) is 11.4 Å². The van der Waals surface area contributed by atoms with Gasteiger partial charge in [-0.1, -0.05) is 36.4 Å². The van der Waals surface area contributed by atoms with Crippen LogP contribution >= 0.6 is 0 Å². The van der Waals surface area contributed by atoms with Crippen LogP contribution in [0.3, 0.4) is 0 Å². The molecule has 1 atom stereocenters. The maximum absolute atomic E-state index is 12.7. The number of hydrogen-bond donors (Lipinski definition) is 1. The van der Waals surface area contributed by atoms with Gasteiger partial charge in [-0.25, -0.2) is 0 Å². The third-order valence-corrected chi connectivity index (χ3v) is 5.60. The lowest BCUT2D eigenvalue weighted by Gasteiger charge is -2.18. The number of carbonyl (C=O) groups is 3. The highest BCUT2D eigenvalue weighted by molar-refractivity contribution is 5.99. The fourth-order valence-electron chi connectivity index (χ4n) is 3.99. The van der Waals surface area contributed by atoms with Crippen molar-refractivity contribution in [2.75, 3.05) is 29.9 Å². The van der Waals surface area contributed by atoms with Gasteiger partial charge in [0.15, 0.2) is 0 Å². The number of rotatable bonds is 6. The van der Waals surface area contributed by atoms with Crippen molar-refractivity contribution in [2.45, 2.75) is 25.7 Å². The molecule has 6 nitrogen and oxygen atoms in total. The van der Waals surface area contributed by atoms with Crippen LogP contribution in [0.2, 0.25) is 0 Å². The summed E-state index contributed by atoms with van der Waals surface area (Å²) in [6, 6.07) is 17.4. The molecular weight excluding hydrogens is 366 g/mol. The third kappa shape index (κ3) is 4.47. The second kappa shape index (κ2) is 8.47. The van der Waals surface area contributed by atoms with Gasteiger partial charge in [-0.3, -0.25) is 14.4 Å². The van der Waals surface area contributed by atoms with Gasteiger partial charge < -0.3 is 15.1 Å². The Kier molecular flexibility index (Phi) is 5.60. The van der Waals surface area contributed by atoms with Gasteiger partial charge in [-0.15, -0.1) is 0 Å². The van der Waals surface area contributed by atoms with Crippen LogP contribution in [0.15, 0.2) is 54.6 Å². The Morgan fingerprint density at radius 3 is 2.62 bits per heavy atom. The number of anilines is 2. The van der Waals surface area contributed by atoms with Gasteiger partial charge in [-0.2, -0.15) is 0 Å². The second-order valence-electron chi connectivity index (χ2n) is 7.66. The summed E-state index contributed by atoms with van der Waals surface area (Å²) < 4.78 is 0. The summed E-state index contributed by atoms with van der Waals surface area (Å²) in [6.07, 6.45) is 2.45. The largest absolute Gasteiger partial charge is 0.342 e. The van der Waals surface area contributed by atoms with E-state index in [1.165, 1.54) is 5.56 Å². The van der Waals surface area contributed by atoms with Crippen molar-refractivity contribution in [3.05, 3.63) is 60.2 Å². The molecule has 2 aromatic rings. The van der Waals surface area contributed by atoms with Gasteiger partial charge in [0.2, 0.25) is 17.7 Å². The minimum absolute atomic E-state index is 0.0255. The Hall–Kier alpha value is -3.15. The average molecular weight is 391 g/mol. The quantitative estimate of drug-likeness (QED) is 0.823. The molecule has 2 aromatic carbocycles. The van der Waals surface area contributed by atoms with Crippen LogP contribution < -0.4 is 10.2 Å². The summed E-state index contributed by atoms with van der Waals surface area (Å²) in [6.45, 7) is 1.78. The van der Waals surface area contributed by atoms with E-state index in [9.17, 15) is 14.4 Å². The van der Waals surface area contributed by atoms with Gasteiger partial charge in [0.1, 0.15) is 0 Å². The molecule has 4 rings (SSSR count). The van der Waals surface area contributed by atoms with Crippen molar-refractivity contribution < 1.29 is 14.4 Å². The molecule has 2 heterocycles. The molecule has 2 aliphatic heterocycles. The zero-order valence-electron chi connectivity index (χ0n) is 16.3. The van der Waals surface area contributed by atoms with E-state index in [1.54, 1.807) is 9.80 Å². The molecule has 0 radical (unpaired) electrons. The highest BCUT2D eigenvalue weighted by atomic mass is 16.2. The van der Waals surface area contributed by atoms with Gasteiger partial charge >= 0.3 is 0 Å². The van der Waals surface area contributed by atoms with Crippen molar-refractivity contribution in [1.29, 1.82) is 0 Å². The van der Waals surface area contributed by atoms with E-state index in [-0.39, 0.29) is 30.1 Å². The van der Waals surface area contributed by atoms with Gasteiger partial charge in [-0.05, 0) is 36.6 Å². The summed E-state index contributed by atoms with van der Waals surface area (Å²) in [5.74, 6) is -0.359. The Morgan fingerprint density at radius 2 is 1.86 bits per heavy atom. The summed E-state index contributed by atoms with van der Waals surface area (Å²) in [4.78, 5) is 40.5. The predicted molar refractivity (Wildman–Crippen MR) is 111 cm³/mol. The van der Waals surface area contributed by atoms with E-state index in [0.29, 0.717) is 31.7 Å². The fourth-order valence-corrected chi connectivity index (χ4v) is 3.99. The Morgan fingerprint density at radius 1 is 1.03 bits per heavy atom. The molecule has 0 saturated carbocycles. The molecule has 0 aromatic heterocycles. The number of nitrogens with zero attached hydrogens (tertiary/aromatic N) is 2. The lowest BCUT2D eigenvalue weighted by atomic mass is 10.1. The van der Waals surface area contributed by atoms with Crippen molar-refractivity contribution in [3.8, 4) is 0 Å². The lowest BCUT2D eigenvalue weighted by Crippen LogP contribution is -2.30. The van der Waals surface area contributed by atoms with Crippen LogP contribution in [0, 0.1) is 5.92 Å². The van der Waals surface area contributed by atoms with Gasteiger partial charge in [0, 0.05) is 43.9 Å². The number of amides is 3. The van der Waals surface area contributed by atoms with E-state index in [1.807, 2.05) is 54.6 Å². The first-order valence-corrected chi connectivity index (χ1v) is 10.1. The molecule has 1 unspecified atom stereocenters. The Balaban J connectivity index is 1.34. The maximum atomic E-state index is 12.7. The summed E-state index contributed by atoms with van der Waals surface area (Å²) in [5, 5.41) is 2.92. The highest BCUT2D eigenvalue weighted by Crippen LogP contribution is 2.25. The van der Waals surface area contributed by atoms with Crippen LogP contribution in [0.1, 0.15) is 24.8 Å². The molecule has 6 heteroatoms. The first-order chi connectivity index (χ1) is 14.1. The number of benzene rings is 2. The molecule has 0 aliphatic carbocycles. The van der Waals surface area contributed by atoms with Gasteiger partial charge in [0.25, 0.3) is 0 Å². The molecule has 1 N–H and O–H groups in total. The van der Waals surface area contributed by atoms with Crippen molar-refractivity contribution >= 4 is 29.1 Å². The molecule has 0 bridgehead atoms. The average Bonchev–Trinajstić information content (AvgIpc) is 3.33. The van der Waals surface area contributed by atoms with E-state index >= 15 is 0 Å². The van der Waals surface area contributed by atoms with E-state index in [2.05, 4.69) is 5.32 Å².